The Hall–Kier alpha value is -0.100. The molecule has 52 valence electrons. The van der Waals surface area contributed by atoms with Crippen LogP contribution in [0.2, 0.25) is 0 Å². The van der Waals surface area contributed by atoms with E-state index in [1.165, 1.54) is 0 Å². The van der Waals surface area contributed by atoms with Crippen LogP contribution in [0.4, 0.5) is 0 Å². The smallest absolute Gasteiger partial charge is 0.320 e. The molecule has 0 spiro atoms. The van der Waals surface area contributed by atoms with Crippen molar-refractivity contribution in [2.24, 2.45) is 5.73 Å². The average molecular weight is 241 g/mol. The Morgan fingerprint density at radius 3 is 2.78 bits per heavy atom. The third-order valence-corrected chi connectivity index (χ3v) is 1.30. The molecule has 0 rings (SSSR count). The van der Waals surface area contributed by atoms with Crippen LogP contribution in [0.1, 0.15) is 6.42 Å². The van der Waals surface area contributed by atoms with Crippen molar-refractivity contribution in [3.05, 3.63) is 10.2 Å². The highest BCUT2D eigenvalue weighted by Crippen LogP contribution is 1.92. The van der Waals surface area contributed by atoms with Gasteiger partial charge < -0.3 is 10.8 Å². The molecule has 3 nitrogen and oxygen atoms in total. The van der Waals surface area contributed by atoms with E-state index in [0.29, 0.717) is 6.42 Å². The average Bonchev–Trinajstić information content (AvgIpc) is 1.82. The van der Waals surface area contributed by atoms with Crippen LogP contribution in [0.3, 0.4) is 0 Å². The van der Waals surface area contributed by atoms with Gasteiger partial charge in [0.25, 0.3) is 0 Å². The van der Waals surface area contributed by atoms with Crippen LogP contribution in [0.15, 0.2) is 10.2 Å². The second-order valence-electron chi connectivity index (χ2n) is 1.54. The Kier molecular flexibility index (Phi) is 4.70. The summed E-state index contributed by atoms with van der Waals surface area (Å²) >= 11 is 2.02. The quantitative estimate of drug-likeness (QED) is 0.716. The molecule has 0 radical (unpaired) electrons. The van der Waals surface area contributed by atoms with Crippen molar-refractivity contribution in [2.45, 2.75) is 12.5 Å². The van der Waals surface area contributed by atoms with E-state index in [-0.39, 0.29) is 0 Å². The van der Waals surface area contributed by atoms with Crippen LogP contribution < -0.4 is 5.73 Å². The van der Waals surface area contributed by atoms with Crippen LogP contribution >= 0.6 is 22.6 Å². The molecule has 9 heavy (non-hydrogen) atoms. The minimum Gasteiger partial charge on any atom is -0.480 e. The lowest BCUT2D eigenvalue weighted by Gasteiger charge is -1.98. The molecule has 0 aliphatic rings. The number of hydrogen-bond acceptors (Lipinski definition) is 2. The first-order valence-electron chi connectivity index (χ1n) is 2.42. The number of carboxylic acid groups (broad SMARTS) is 1. The summed E-state index contributed by atoms with van der Waals surface area (Å²) in [5.41, 5.74) is 5.15. The van der Waals surface area contributed by atoms with Gasteiger partial charge in [-0.15, -0.1) is 0 Å². The summed E-state index contributed by atoms with van der Waals surface area (Å²) in [6.45, 7) is 0. The first-order chi connectivity index (χ1) is 4.18. The van der Waals surface area contributed by atoms with Gasteiger partial charge in [0.15, 0.2) is 0 Å². The number of carboxylic acids is 1. The van der Waals surface area contributed by atoms with Crippen molar-refractivity contribution < 1.29 is 9.90 Å². The maximum Gasteiger partial charge on any atom is 0.320 e. The highest BCUT2D eigenvalue weighted by Gasteiger charge is 2.07. The van der Waals surface area contributed by atoms with Gasteiger partial charge in [-0.3, -0.25) is 4.79 Å². The number of nitrogens with two attached hydrogens (primary N) is 1. The molecule has 3 N–H and O–H groups in total. The summed E-state index contributed by atoms with van der Waals surface area (Å²) in [6, 6.07) is -0.754. The molecule has 0 heterocycles. The van der Waals surface area contributed by atoms with Gasteiger partial charge in [0.05, 0.1) is 0 Å². The lowest BCUT2D eigenvalue weighted by atomic mass is 10.2. The molecule has 4 heteroatoms. The van der Waals surface area contributed by atoms with E-state index in [4.69, 9.17) is 10.8 Å². The predicted octanol–water partition coefficient (Wildman–Crippen LogP) is 0.737. The molecule has 0 amide bonds. The fourth-order valence-electron chi connectivity index (χ4n) is 0.299. The molecule has 0 aromatic heterocycles. The van der Waals surface area contributed by atoms with E-state index in [0.717, 1.165) is 0 Å². The maximum absolute atomic E-state index is 10.0. The third-order valence-electron chi connectivity index (χ3n) is 0.796. The van der Waals surface area contributed by atoms with Crippen LogP contribution in [-0.4, -0.2) is 17.1 Å². The first-order valence-corrected chi connectivity index (χ1v) is 3.66. The van der Waals surface area contributed by atoms with Crippen molar-refractivity contribution in [3.8, 4) is 0 Å². The topological polar surface area (TPSA) is 63.3 Å². The van der Waals surface area contributed by atoms with Gasteiger partial charge in [-0.1, -0.05) is 28.7 Å². The molecular formula is C5H8INO2. The Bertz CT molecular complexity index is 124. The number of rotatable bonds is 3. The fraction of sp³-hybridized carbons (Fsp3) is 0.400. The van der Waals surface area contributed by atoms with E-state index in [1.807, 2.05) is 22.6 Å². The summed E-state index contributed by atoms with van der Waals surface area (Å²) in [5.74, 6) is -0.954. The van der Waals surface area contributed by atoms with Gasteiger partial charge in [0.2, 0.25) is 0 Å². The fourth-order valence-corrected chi connectivity index (χ4v) is 0.592. The number of carbonyl (C=O) groups is 1. The second-order valence-corrected chi connectivity index (χ2v) is 2.26. The molecule has 0 aliphatic heterocycles. The first kappa shape index (κ1) is 8.90. The summed E-state index contributed by atoms with van der Waals surface area (Å²) in [5, 5.41) is 8.25. The largest absolute Gasteiger partial charge is 0.480 e. The van der Waals surface area contributed by atoms with Crippen LogP contribution in [0, 0.1) is 0 Å². The molecule has 1 unspecified atom stereocenters. The molecule has 0 aromatic rings. The molecular weight excluding hydrogens is 233 g/mol. The van der Waals surface area contributed by atoms with Gasteiger partial charge in [-0.25, -0.2) is 0 Å². The Morgan fingerprint density at radius 2 is 2.44 bits per heavy atom. The van der Waals surface area contributed by atoms with E-state index in [9.17, 15) is 4.79 Å². The molecule has 0 saturated heterocycles. The van der Waals surface area contributed by atoms with Crippen molar-refractivity contribution in [2.75, 3.05) is 0 Å². The monoisotopic (exact) mass is 241 g/mol. The number of aliphatic carboxylic acids is 1. The highest BCUT2D eigenvalue weighted by atomic mass is 127. The summed E-state index contributed by atoms with van der Waals surface area (Å²) < 4.78 is 1.75. The van der Waals surface area contributed by atoms with Gasteiger partial charge in [-0.05, 0) is 10.5 Å². The van der Waals surface area contributed by atoms with Crippen LogP contribution in [-0.2, 0) is 4.79 Å². The Balaban J connectivity index is 3.50. The molecule has 1 atom stereocenters. The highest BCUT2D eigenvalue weighted by molar-refractivity contribution is 14.1. The summed E-state index contributed by atoms with van der Waals surface area (Å²) in [7, 11) is 0. The molecule has 0 bridgehead atoms. The molecule has 0 saturated carbocycles. The molecule has 0 aliphatic carbocycles. The second kappa shape index (κ2) is 4.75. The van der Waals surface area contributed by atoms with E-state index in [1.54, 1.807) is 10.2 Å². The van der Waals surface area contributed by atoms with E-state index < -0.39 is 12.0 Å². The van der Waals surface area contributed by atoms with Gasteiger partial charge >= 0.3 is 5.97 Å². The normalized spacial score (nSPS) is 14.0. The zero-order valence-electron chi connectivity index (χ0n) is 4.75. The maximum atomic E-state index is 10.0. The number of halogens is 1. The third kappa shape index (κ3) is 4.41. The van der Waals surface area contributed by atoms with E-state index in [2.05, 4.69) is 0 Å². The zero-order chi connectivity index (χ0) is 7.28. The van der Waals surface area contributed by atoms with Crippen LogP contribution in [0.5, 0.6) is 0 Å². The lowest BCUT2D eigenvalue weighted by Crippen LogP contribution is -2.29. The standard InChI is InChI=1S/C5H8INO2/c6-3-1-2-4(7)5(8)9/h1,3-4H,2,7H2,(H,8,9). The summed E-state index contributed by atoms with van der Waals surface area (Å²) in [6.07, 6.45) is 2.12. The van der Waals surface area contributed by atoms with E-state index >= 15 is 0 Å². The SMILES string of the molecule is NC(CC=CI)C(=O)O. The predicted molar refractivity (Wildman–Crippen MR) is 43.4 cm³/mol. The van der Waals surface area contributed by atoms with Crippen molar-refractivity contribution in [1.29, 1.82) is 0 Å². The Morgan fingerprint density at radius 1 is 1.89 bits per heavy atom. The van der Waals surface area contributed by atoms with Gasteiger partial charge in [0.1, 0.15) is 6.04 Å². The zero-order valence-corrected chi connectivity index (χ0v) is 6.91. The Labute approximate surface area is 67.1 Å². The van der Waals surface area contributed by atoms with Crippen molar-refractivity contribution in [1.82, 2.24) is 0 Å². The van der Waals surface area contributed by atoms with Crippen LogP contribution in [0.25, 0.3) is 0 Å². The molecule has 0 aromatic carbocycles. The lowest BCUT2D eigenvalue weighted by molar-refractivity contribution is -0.138. The van der Waals surface area contributed by atoms with Gasteiger partial charge in [-0.2, -0.15) is 0 Å². The van der Waals surface area contributed by atoms with Crippen molar-refractivity contribution >= 4 is 28.6 Å². The molecule has 0 fully saturated rings. The summed E-state index contributed by atoms with van der Waals surface area (Å²) in [4.78, 5) is 10.0. The van der Waals surface area contributed by atoms with Crippen molar-refractivity contribution in [3.63, 3.8) is 0 Å². The number of hydrogen-bond donors (Lipinski definition) is 2. The van der Waals surface area contributed by atoms with Gasteiger partial charge in [0, 0.05) is 0 Å². The minimum atomic E-state index is -0.954. The minimum absolute atomic E-state index is 0.401.